The van der Waals surface area contributed by atoms with E-state index >= 15 is 0 Å². The molecule has 10 heteroatoms. The fourth-order valence-corrected chi connectivity index (χ4v) is 6.48. The quantitative estimate of drug-likeness (QED) is 0.167. The number of likely N-dealkylation sites (N-methyl/N-ethyl adjacent to an activating group) is 2. The summed E-state index contributed by atoms with van der Waals surface area (Å²) < 4.78 is 4.29. The second kappa shape index (κ2) is 12.5. The second-order valence-corrected chi connectivity index (χ2v) is 12.2. The van der Waals surface area contributed by atoms with E-state index in [2.05, 4.69) is 104 Å². The van der Waals surface area contributed by atoms with E-state index in [-0.39, 0.29) is 0 Å². The molecule has 4 heterocycles. The van der Waals surface area contributed by atoms with Crippen molar-refractivity contribution in [3.8, 4) is 0 Å². The molecule has 4 aromatic heterocycles. The van der Waals surface area contributed by atoms with Crippen molar-refractivity contribution in [1.82, 2.24) is 38.5 Å². The highest BCUT2D eigenvalue weighted by molar-refractivity contribution is 5.98. The van der Waals surface area contributed by atoms with Crippen LogP contribution in [0.5, 0.6) is 0 Å². The number of fused-ring (bicyclic) bond motifs is 10. The Labute approximate surface area is 272 Å². The van der Waals surface area contributed by atoms with E-state index < -0.39 is 0 Å². The van der Waals surface area contributed by atoms with Gasteiger partial charge in [0.1, 0.15) is 11.3 Å². The Hall–Kier alpha value is -5.32. The summed E-state index contributed by atoms with van der Waals surface area (Å²) in [4.78, 5) is 24.6. The molecule has 0 aliphatic heterocycles. The molecule has 236 valence electrons. The summed E-state index contributed by atoms with van der Waals surface area (Å²) in [5.74, 6) is 1.66. The Morgan fingerprint density at radius 2 is 0.894 bits per heavy atom. The molecule has 8 rings (SSSR count). The van der Waals surface area contributed by atoms with Gasteiger partial charge in [-0.05, 0) is 82.1 Å². The molecule has 0 bridgehead atoms. The van der Waals surface area contributed by atoms with Crippen molar-refractivity contribution in [3.05, 3.63) is 97.1 Å². The second-order valence-electron chi connectivity index (χ2n) is 12.2. The van der Waals surface area contributed by atoms with E-state index in [1.165, 1.54) is 0 Å². The summed E-state index contributed by atoms with van der Waals surface area (Å²) in [5, 5.41) is 9.32. The third-order valence-corrected chi connectivity index (χ3v) is 8.92. The van der Waals surface area contributed by atoms with Crippen molar-refractivity contribution < 1.29 is 0 Å². The normalized spacial score (nSPS) is 12.2. The zero-order valence-electron chi connectivity index (χ0n) is 26.8. The minimum absolute atomic E-state index is 0.791. The number of hydrogen-bond donors (Lipinski definition) is 2. The van der Waals surface area contributed by atoms with Crippen molar-refractivity contribution in [3.63, 3.8) is 0 Å². The first-order valence-corrected chi connectivity index (χ1v) is 16.3. The third-order valence-electron chi connectivity index (χ3n) is 8.92. The Morgan fingerprint density at radius 3 is 1.36 bits per heavy atom. The van der Waals surface area contributed by atoms with Crippen LogP contribution in [0.15, 0.2) is 97.1 Å². The van der Waals surface area contributed by atoms with Crippen LogP contribution in [0.4, 0.5) is 11.9 Å². The molecule has 0 saturated carbocycles. The standard InChI is InChI=1S/C37H38N10/c1-44(24-20-38-36-42-28-14-5-3-12-26(28)34-40-30-16-7-9-18-32(30)46(34)36)22-11-23-45(2)25-21-39-37-43-29-15-6-4-13-27(29)35-41-31-17-8-10-19-33(31)47(35)37/h3-10,12-19H,11,20-25H2,1-2H3,(H,38,42)(H,39,43). The molecule has 0 unspecified atom stereocenters. The lowest BCUT2D eigenvalue weighted by atomic mass is 10.2. The summed E-state index contributed by atoms with van der Waals surface area (Å²) in [5.41, 5.74) is 7.84. The number of anilines is 2. The van der Waals surface area contributed by atoms with Gasteiger partial charge in [-0.25, -0.2) is 19.9 Å². The van der Waals surface area contributed by atoms with Gasteiger partial charge in [0.25, 0.3) is 0 Å². The van der Waals surface area contributed by atoms with Crippen LogP contribution in [0.2, 0.25) is 0 Å². The SMILES string of the molecule is CN(CCCN(C)CCNc1nc2ccccc2c2nc3ccccc3n12)CCNc1nc2ccccc2c2nc3ccccc3n12. The van der Waals surface area contributed by atoms with Crippen LogP contribution in [0, 0.1) is 0 Å². The van der Waals surface area contributed by atoms with E-state index in [0.29, 0.717) is 0 Å². The summed E-state index contributed by atoms with van der Waals surface area (Å²) in [6.45, 7) is 5.44. The largest absolute Gasteiger partial charge is 0.354 e. The summed E-state index contributed by atoms with van der Waals surface area (Å²) in [7, 11) is 4.37. The van der Waals surface area contributed by atoms with Gasteiger partial charge in [0.2, 0.25) is 11.9 Å². The molecule has 0 radical (unpaired) electrons. The lowest BCUT2D eigenvalue weighted by Crippen LogP contribution is -2.31. The minimum Gasteiger partial charge on any atom is -0.354 e. The van der Waals surface area contributed by atoms with Gasteiger partial charge in [0.05, 0.1) is 33.1 Å². The lowest BCUT2D eigenvalue weighted by molar-refractivity contribution is 0.289. The average Bonchev–Trinajstić information content (AvgIpc) is 3.68. The number of hydrogen-bond acceptors (Lipinski definition) is 8. The summed E-state index contributed by atoms with van der Waals surface area (Å²) >= 11 is 0. The van der Waals surface area contributed by atoms with Crippen LogP contribution in [-0.4, -0.2) is 91.9 Å². The Balaban J connectivity index is 0.854. The fraction of sp³-hybridized carbons (Fsp3) is 0.243. The predicted molar refractivity (Wildman–Crippen MR) is 193 cm³/mol. The monoisotopic (exact) mass is 622 g/mol. The molecule has 0 aliphatic rings. The van der Waals surface area contributed by atoms with Crippen LogP contribution >= 0.6 is 0 Å². The van der Waals surface area contributed by atoms with Crippen molar-refractivity contribution in [1.29, 1.82) is 0 Å². The first-order chi connectivity index (χ1) is 23.1. The number of imidazole rings is 2. The average molecular weight is 623 g/mol. The zero-order chi connectivity index (χ0) is 31.7. The lowest BCUT2D eigenvalue weighted by Gasteiger charge is -2.21. The topological polar surface area (TPSA) is 90.9 Å². The van der Waals surface area contributed by atoms with Crippen molar-refractivity contribution in [2.45, 2.75) is 6.42 Å². The predicted octanol–water partition coefficient (Wildman–Crippen LogP) is 6.16. The van der Waals surface area contributed by atoms with Crippen LogP contribution in [0.25, 0.3) is 55.2 Å². The van der Waals surface area contributed by atoms with E-state index in [0.717, 1.165) is 113 Å². The summed E-state index contributed by atoms with van der Waals surface area (Å²) in [6, 6.07) is 32.9. The maximum Gasteiger partial charge on any atom is 0.209 e. The fourth-order valence-electron chi connectivity index (χ4n) is 6.48. The van der Waals surface area contributed by atoms with Gasteiger partial charge >= 0.3 is 0 Å². The van der Waals surface area contributed by atoms with Crippen molar-refractivity contribution in [2.75, 3.05) is 64.0 Å². The number of benzene rings is 4. The highest BCUT2D eigenvalue weighted by Gasteiger charge is 2.15. The van der Waals surface area contributed by atoms with Gasteiger partial charge in [0, 0.05) is 37.0 Å². The maximum absolute atomic E-state index is 4.97. The molecule has 0 amide bonds. The number of para-hydroxylation sites is 6. The molecular weight excluding hydrogens is 584 g/mol. The molecule has 47 heavy (non-hydrogen) atoms. The molecule has 0 aliphatic carbocycles. The molecular formula is C37H38N10. The highest BCUT2D eigenvalue weighted by Crippen LogP contribution is 2.28. The van der Waals surface area contributed by atoms with Crippen LogP contribution in [0.1, 0.15) is 6.42 Å². The zero-order valence-corrected chi connectivity index (χ0v) is 26.8. The minimum atomic E-state index is 0.791. The Bertz CT molecular complexity index is 2190. The Morgan fingerprint density at radius 1 is 0.489 bits per heavy atom. The van der Waals surface area contributed by atoms with Gasteiger partial charge in [-0.1, -0.05) is 48.5 Å². The molecule has 0 saturated heterocycles. The molecule has 8 aromatic rings. The van der Waals surface area contributed by atoms with E-state index in [9.17, 15) is 0 Å². The molecule has 0 fully saturated rings. The van der Waals surface area contributed by atoms with Gasteiger partial charge in [-0.3, -0.25) is 8.80 Å². The van der Waals surface area contributed by atoms with Crippen LogP contribution in [-0.2, 0) is 0 Å². The van der Waals surface area contributed by atoms with Crippen LogP contribution in [0.3, 0.4) is 0 Å². The van der Waals surface area contributed by atoms with Crippen LogP contribution < -0.4 is 10.6 Å². The summed E-state index contributed by atoms with van der Waals surface area (Å²) in [6.07, 6.45) is 1.09. The molecule has 2 N–H and O–H groups in total. The number of rotatable bonds is 12. The molecule has 0 spiro atoms. The van der Waals surface area contributed by atoms with Gasteiger partial charge < -0.3 is 20.4 Å². The van der Waals surface area contributed by atoms with Gasteiger partial charge in [-0.15, -0.1) is 0 Å². The maximum atomic E-state index is 4.97. The molecule has 0 atom stereocenters. The van der Waals surface area contributed by atoms with Gasteiger partial charge in [-0.2, -0.15) is 0 Å². The van der Waals surface area contributed by atoms with E-state index in [4.69, 9.17) is 19.9 Å². The first kappa shape index (κ1) is 29.1. The van der Waals surface area contributed by atoms with Crippen molar-refractivity contribution >= 4 is 67.1 Å². The van der Waals surface area contributed by atoms with Gasteiger partial charge in [0.15, 0.2) is 0 Å². The third kappa shape index (κ3) is 5.55. The molecule has 10 nitrogen and oxygen atoms in total. The molecule has 4 aromatic carbocycles. The number of aromatic nitrogens is 6. The Kier molecular flexibility index (Phi) is 7.72. The highest BCUT2D eigenvalue weighted by atomic mass is 15.2. The smallest absolute Gasteiger partial charge is 0.209 e. The number of nitrogens with one attached hydrogen (secondary N) is 2. The van der Waals surface area contributed by atoms with E-state index in [1.807, 2.05) is 36.4 Å². The number of nitrogens with zero attached hydrogens (tertiary/aromatic N) is 8. The van der Waals surface area contributed by atoms with Crippen molar-refractivity contribution in [2.24, 2.45) is 0 Å². The van der Waals surface area contributed by atoms with E-state index in [1.54, 1.807) is 0 Å². The first-order valence-electron chi connectivity index (χ1n) is 16.3.